The van der Waals surface area contributed by atoms with Crippen molar-refractivity contribution in [1.82, 2.24) is 9.78 Å². The Labute approximate surface area is 103 Å². The number of aromatic carboxylic acids is 1. The molecule has 1 rings (SSSR count). The Morgan fingerprint density at radius 2 is 2.06 bits per heavy atom. The summed E-state index contributed by atoms with van der Waals surface area (Å²) in [7, 11) is 0. The Bertz CT molecular complexity index is 400. The summed E-state index contributed by atoms with van der Waals surface area (Å²) in [6, 6.07) is 1.68. The van der Waals surface area contributed by atoms with E-state index in [-0.39, 0.29) is 11.1 Å². The van der Waals surface area contributed by atoms with Crippen molar-refractivity contribution in [2.75, 3.05) is 0 Å². The lowest BCUT2D eigenvalue weighted by atomic mass is 9.91. The fourth-order valence-electron chi connectivity index (χ4n) is 1.68. The molecule has 1 aromatic heterocycles. The van der Waals surface area contributed by atoms with Crippen LogP contribution in [0.15, 0.2) is 6.07 Å². The highest BCUT2D eigenvalue weighted by Crippen LogP contribution is 2.23. The average Bonchev–Trinajstić information content (AvgIpc) is 2.57. The van der Waals surface area contributed by atoms with Gasteiger partial charge in [-0.05, 0) is 18.4 Å². The second kappa shape index (κ2) is 4.90. The lowest BCUT2D eigenvalue weighted by molar-refractivity contribution is 0.0689. The fourth-order valence-corrected chi connectivity index (χ4v) is 1.68. The number of carboxylic acid groups (broad SMARTS) is 1. The molecule has 0 fully saturated rings. The summed E-state index contributed by atoms with van der Waals surface area (Å²) in [5, 5.41) is 13.2. The molecule has 96 valence electrons. The van der Waals surface area contributed by atoms with Crippen molar-refractivity contribution in [2.45, 2.75) is 53.0 Å². The van der Waals surface area contributed by atoms with Crippen LogP contribution in [0.4, 0.5) is 0 Å². The largest absolute Gasteiger partial charge is 0.476 e. The van der Waals surface area contributed by atoms with Gasteiger partial charge in [-0.15, -0.1) is 0 Å². The quantitative estimate of drug-likeness (QED) is 0.877. The molecular weight excluding hydrogens is 216 g/mol. The minimum absolute atomic E-state index is 0.0856. The maximum Gasteiger partial charge on any atom is 0.356 e. The molecule has 1 N–H and O–H groups in total. The molecule has 0 aliphatic carbocycles. The van der Waals surface area contributed by atoms with Crippen molar-refractivity contribution < 1.29 is 9.90 Å². The Morgan fingerprint density at radius 3 is 2.47 bits per heavy atom. The van der Waals surface area contributed by atoms with E-state index in [4.69, 9.17) is 5.11 Å². The van der Waals surface area contributed by atoms with Crippen LogP contribution in [0.3, 0.4) is 0 Å². The van der Waals surface area contributed by atoms with E-state index >= 15 is 0 Å². The van der Waals surface area contributed by atoms with Crippen LogP contribution in [0.1, 0.15) is 57.2 Å². The summed E-state index contributed by atoms with van der Waals surface area (Å²) in [6.45, 7) is 11.3. The van der Waals surface area contributed by atoms with E-state index in [0.29, 0.717) is 5.92 Å². The molecule has 0 aromatic carbocycles. The molecule has 1 aromatic rings. The first-order chi connectivity index (χ1) is 7.71. The average molecular weight is 238 g/mol. The number of rotatable bonds is 4. The Balaban J connectivity index is 3.04. The Kier molecular flexibility index (Phi) is 3.96. The van der Waals surface area contributed by atoms with E-state index in [9.17, 15) is 4.79 Å². The number of nitrogens with zero attached hydrogens (tertiary/aromatic N) is 2. The van der Waals surface area contributed by atoms with Crippen molar-refractivity contribution in [1.29, 1.82) is 0 Å². The Morgan fingerprint density at radius 1 is 1.47 bits per heavy atom. The lowest BCUT2D eigenvalue weighted by Gasteiger charge is -2.20. The molecule has 1 heterocycles. The van der Waals surface area contributed by atoms with E-state index in [1.165, 1.54) is 0 Å². The van der Waals surface area contributed by atoms with Gasteiger partial charge in [0.2, 0.25) is 0 Å². The van der Waals surface area contributed by atoms with Gasteiger partial charge < -0.3 is 5.11 Å². The first-order valence-electron chi connectivity index (χ1n) is 6.03. The smallest absolute Gasteiger partial charge is 0.356 e. The van der Waals surface area contributed by atoms with E-state index in [2.05, 4.69) is 39.7 Å². The van der Waals surface area contributed by atoms with Gasteiger partial charge in [-0.25, -0.2) is 4.79 Å². The molecule has 4 heteroatoms. The molecular formula is C13H22N2O2. The number of hydrogen-bond donors (Lipinski definition) is 1. The second-order valence-electron chi connectivity index (χ2n) is 5.88. The summed E-state index contributed by atoms with van der Waals surface area (Å²) in [6.07, 6.45) is 1.00. The second-order valence-corrected chi connectivity index (χ2v) is 5.88. The third-order valence-electron chi connectivity index (χ3n) is 2.69. The van der Waals surface area contributed by atoms with E-state index in [1.807, 2.05) is 4.68 Å². The molecule has 0 aliphatic heterocycles. The summed E-state index contributed by atoms with van der Waals surface area (Å²) in [5.74, 6) is -0.376. The van der Waals surface area contributed by atoms with Crippen LogP contribution in [0.5, 0.6) is 0 Å². The van der Waals surface area contributed by atoms with Crippen LogP contribution in [0.2, 0.25) is 0 Å². The van der Waals surface area contributed by atoms with Crippen molar-refractivity contribution >= 4 is 5.97 Å². The highest BCUT2D eigenvalue weighted by atomic mass is 16.4. The van der Waals surface area contributed by atoms with Crippen LogP contribution >= 0.6 is 0 Å². The van der Waals surface area contributed by atoms with Crippen molar-refractivity contribution in [2.24, 2.45) is 5.92 Å². The molecule has 0 spiro atoms. The standard InChI is InChI=1S/C13H22N2O2/c1-9(2)6-7-15-11(13(3,4)5)8-10(14-15)12(16)17/h8-9H,6-7H2,1-5H3,(H,16,17). The van der Waals surface area contributed by atoms with Crippen LogP contribution in [0.25, 0.3) is 0 Å². The third-order valence-corrected chi connectivity index (χ3v) is 2.69. The molecule has 0 unspecified atom stereocenters. The van der Waals surface area contributed by atoms with Crippen LogP contribution in [0, 0.1) is 5.92 Å². The maximum absolute atomic E-state index is 11.0. The van der Waals surface area contributed by atoms with E-state index < -0.39 is 5.97 Å². The minimum atomic E-state index is -0.959. The van der Waals surface area contributed by atoms with Crippen LogP contribution in [-0.2, 0) is 12.0 Å². The number of aromatic nitrogens is 2. The summed E-state index contributed by atoms with van der Waals surface area (Å²) in [4.78, 5) is 11.0. The summed E-state index contributed by atoms with van der Waals surface area (Å²) < 4.78 is 1.84. The van der Waals surface area contributed by atoms with Gasteiger partial charge >= 0.3 is 5.97 Å². The van der Waals surface area contributed by atoms with Gasteiger partial charge in [0.05, 0.1) is 0 Å². The van der Waals surface area contributed by atoms with Gasteiger partial charge in [0.1, 0.15) is 0 Å². The molecule has 0 saturated carbocycles. The fraction of sp³-hybridized carbons (Fsp3) is 0.692. The molecule has 0 aliphatic rings. The zero-order valence-electron chi connectivity index (χ0n) is 11.3. The summed E-state index contributed by atoms with van der Waals surface area (Å²) in [5.41, 5.74) is 1.03. The first-order valence-corrected chi connectivity index (χ1v) is 6.03. The molecule has 0 bridgehead atoms. The van der Waals surface area contributed by atoms with Crippen LogP contribution in [-0.4, -0.2) is 20.9 Å². The molecule has 0 saturated heterocycles. The highest BCUT2D eigenvalue weighted by Gasteiger charge is 2.22. The minimum Gasteiger partial charge on any atom is -0.476 e. The third kappa shape index (κ3) is 3.58. The monoisotopic (exact) mass is 238 g/mol. The number of hydrogen-bond acceptors (Lipinski definition) is 2. The number of aryl methyl sites for hydroxylation is 1. The van der Waals surface area contributed by atoms with E-state index in [1.54, 1.807) is 6.07 Å². The lowest BCUT2D eigenvalue weighted by Crippen LogP contribution is -2.19. The number of carboxylic acids is 1. The van der Waals surface area contributed by atoms with Crippen LogP contribution < -0.4 is 0 Å². The topological polar surface area (TPSA) is 55.1 Å². The highest BCUT2D eigenvalue weighted by molar-refractivity contribution is 5.85. The van der Waals surface area contributed by atoms with Crippen molar-refractivity contribution in [3.05, 3.63) is 17.5 Å². The molecule has 0 amide bonds. The Hall–Kier alpha value is -1.32. The first kappa shape index (κ1) is 13.7. The SMILES string of the molecule is CC(C)CCn1nc(C(=O)O)cc1C(C)(C)C. The zero-order chi connectivity index (χ0) is 13.2. The van der Waals surface area contributed by atoms with Gasteiger partial charge in [-0.2, -0.15) is 5.10 Å². The molecule has 17 heavy (non-hydrogen) atoms. The van der Waals surface area contributed by atoms with Gasteiger partial charge in [0, 0.05) is 17.7 Å². The predicted octanol–water partition coefficient (Wildman–Crippen LogP) is 2.92. The maximum atomic E-state index is 11.0. The van der Waals surface area contributed by atoms with Gasteiger partial charge in [-0.3, -0.25) is 4.68 Å². The van der Waals surface area contributed by atoms with Gasteiger partial charge in [0.25, 0.3) is 0 Å². The molecule has 4 nitrogen and oxygen atoms in total. The molecule has 0 atom stereocenters. The van der Waals surface area contributed by atoms with Crippen molar-refractivity contribution in [3.8, 4) is 0 Å². The summed E-state index contributed by atoms with van der Waals surface area (Å²) >= 11 is 0. The van der Waals surface area contributed by atoms with Crippen molar-refractivity contribution in [3.63, 3.8) is 0 Å². The zero-order valence-corrected chi connectivity index (χ0v) is 11.3. The van der Waals surface area contributed by atoms with Gasteiger partial charge in [-0.1, -0.05) is 34.6 Å². The predicted molar refractivity (Wildman–Crippen MR) is 67.3 cm³/mol. The van der Waals surface area contributed by atoms with Gasteiger partial charge in [0.15, 0.2) is 5.69 Å². The molecule has 0 radical (unpaired) electrons. The normalized spacial score (nSPS) is 12.1. The van der Waals surface area contributed by atoms with E-state index in [0.717, 1.165) is 18.7 Å². The number of carbonyl (C=O) groups is 1.